The number of amides is 1. The molecule has 1 aromatic heterocycles. The molecule has 0 aliphatic carbocycles. The maximum atomic E-state index is 12.6. The van der Waals surface area contributed by atoms with Crippen LogP contribution in [-0.4, -0.2) is 22.0 Å². The molecule has 1 aliphatic heterocycles. The highest BCUT2D eigenvalue weighted by atomic mass is 16.2. The van der Waals surface area contributed by atoms with Crippen molar-refractivity contribution < 1.29 is 4.79 Å². The van der Waals surface area contributed by atoms with Gasteiger partial charge in [0.15, 0.2) is 0 Å². The molecule has 3 aromatic rings. The number of fused-ring (bicyclic) bond motifs is 1. The van der Waals surface area contributed by atoms with Gasteiger partial charge in [0.05, 0.1) is 11.0 Å². The van der Waals surface area contributed by atoms with Crippen molar-refractivity contribution in [1.29, 1.82) is 0 Å². The average molecular weight is 347 g/mol. The Morgan fingerprint density at radius 1 is 1.08 bits per heavy atom. The maximum absolute atomic E-state index is 12.6. The number of carbonyl (C=O) groups is 1. The van der Waals surface area contributed by atoms with Gasteiger partial charge in [-0.1, -0.05) is 44.2 Å². The van der Waals surface area contributed by atoms with Crippen LogP contribution in [0.15, 0.2) is 54.6 Å². The minimum Gasteiger partial charge on any atom is -0.328 e. The second-order valence-corrected chi connectivity index (χ2v) is 7.53. The van der Waals surface area contributed by atoms with E-state index in [1.54, 1.807) is 0 Å². The minimum absolute atomic E-state index is 0.141. The molecule has 4 heteroatoms. The summed E-state index contributed by atoms with van der Waals surface area (Å²) in [5.74, 6) is 2.01. The highest BCUT2D eigenvalue weighted by Gasteiger charge is 2.34. The normalized spacial score (nSPS) is 17.6. The summed E-state index contributed by atoms with van der Waals surface area (Å²) < 4.78 is 2.34. The first-order valence-corrected chi connectivity index (χ1v) is 9.44. The van der Waals surface area contributed by atoms with Gasteiger partial charge < -0.3 is 9.47 Å². The van der Waals surface area contributed by atoms with Crippen LogP contribution in [0.5, 0.6) is 0 Å². The molecule has 2 heterocycles. The van der Waals surface area contributed by atoms with E-state index in [1.165, 1.54) is 5.52 Å². The summed E-state index contributed by atoms with van der Waals surface area (Å²) in [5.41, 5.74) is 3.18. The summed E-state index contributed by atoms with van der Waals surface area (Å²) in [6.07, 6.45) is 1.64. The molecule has 2 aromatic carbocycles. The average Bonchev–Trinajstić information content (AvgIpc) is 3.21. The van der Waals surface area contributed by atoms with Crippen LogP contribution in [0.4, 0.5) is 5.69 Å². The fraction of sp³-hybridized carbons (Fsp3) is 0.364. The zero-order chi connectivity index (χ0) is 18.1. The molecule has 0 bridgehead atoms. The van der Waals surface area contributed by atoms with Gasteiger partial charge in [-0.25, -0.2) is 4.98 Å². The summed E-state index contributed by atoms with van der Waals surface area (Å²) in [7, 11) is 0. The molecule has 1 amide bonds. The number of aromatic nitrogens is 2. The van der Waals surface area contributed by atoms with Crippen LogP contribution in [0.3, 0.4) is 0 Å². The largest absolute Gasteiger partial charge is 0.328 e. The fourth-order valence-corrected chi connectivity index (χ4v) is 3.77. The molecular formula is C22H25N3O. The van der Waals surface area contributed by atoms with E-state index in [0.717, 1.165) is 30.0 Å². The van der Waals surface area contributed by atoms with Crippen molar-refractivity contribution in [2.24, 2.45) is 5.92 Å². The van der Waals surface area contributed by atoms with Gasteiger partial charge in [0.25, 0.3) is 0 Å². The number of hydrogen-bond acceptors (Lipinski definition) is 2. The summed E-state index contributed by atoms with van der Waals surface area (Å²) in [5, 5.41) is 0. The molecule has 4 rings (SSSR count). The van der Waals surface area contributed by atoms with E-state index < -0.39 is 0 Å². The molecule has 1 atom stereocenters. The van der Waals surface area contributed by atoms with E-state index >= 15 is 0 Å². The summed E-state index contributed by atoms with van der Waals surface area (Å²) >= 11 is 0. The molecule has 0 spiro atoms. The van der Waals surface area contributed by atoms with Gasteiger partial charge in [0, 0.05) is 31.1 Å². The van der Waals surface area contributed by atoms with E-state index in [1.807, 2.05) is 41.3 Å². The first-order valence-electron chi connectivity index (χ1n) is 9.44. The van der Waals surface area contributed by atoms with Crippen LogP contribution in [0.2, 0.25) is 0 Å². The van der Waals surface area contributed by atoms with Crippen molar-refractivity contribution in [2.45, 2.75) is 39.2 Å². The Balaban J connectivity index is 1.68. The molecule has 4 nitrogen and oxygen atoms in total. The van der Waals surface area contributed by atoms with E-state index in [-0.39, 0.29) is 11.8 Å². The van der Waals surface area contributed by atoms with E-state index in [4.69, 9.17) is 4.98 Å². The number of rotatable bonds is 5. The lowest BCUT2D eigenvalue weighted by Crippen LogP contribution is -2.24. The fourth-order valence-electron chi connectivity index (χ4n) is 3.77. The lowest BCUT2D eigenvalue weighted by Gasteiger charge is -2.17. The summed E-state index contributed by atoms with van der Waals surface area (Å²) in [6, 6.07) is 18.2. The quantitative estimate of drug-likeness (QED) is 0.676. The summed E-state index contributed by atoms with van der Waals surface area (Å²) in [6.45, 7) is 6.14. The van der Waals surface area contributed by atoms with Crippen LogP contribution >= 0.6 is 0 Å². The predicted molar refractivity (Wildman–Crippen MR) is 105 cm³/mol. The summed E-state index contributed by atoms with van der Waals surface area (Å²) in [4.78, 5) is 19.5. The molecular weight excluding hydrogens is 322 g/mol. The predicted octanol–water partition coefficient (Wildman–Crippen LogP) is 4.60. The number of imidazole rings is 1. The van der Waals surface area contributed by atoms with Gasteiger partial charge >= 0.3 is 0 Å². The smallest absolute Gasteiger partial charge is 0.227 e. The van der Waals surface area contributed by atoms with Crippen LogP contribution in [0, 0.1) is 5.92 Å². The monoisotopic (exact) mass is 347 g/mol. The van der Waals surface area contributed by atoms with E-state index in [2.05, 4.69) is 36.6 Å². The van der Waals surface area contributed by atoms with Gasteiger partial charge in [-0.3, -0.25) is 4.79 Å². The Kier molecular flexibility index (Phi) is 4.49. The van der Waals surface area contributed by atoms with Gasteiger partial charge in [0.2, 0.25) is 5.91 Å². The topological polar surface area (TPSA) is 38.1 Å². The van der Waals surface area contributed by atoms with Gasteiger partial charge in [-0.05, 0) is 36.6 Å². The van der Waals surface area contributed by atoms with Crippen LogP contribution in [-0.2, 0) is 11.3 Å². The van der Waals surface area contributed by atoms with Gasteiger partial charge in [-0.2, -0.15) is 0 Å². The van der Waals surface area contributed by atoms with Crippen LogP contribution < -0.4 is 4.90 Å². The zero-order valence-electron chi connectivity index (χ0n) is 15.4. The third-order valence-corrected chi connectivity index (χ3v) is 5.17. The minimum atomic E-state index is 0.141. The standard InChI is InChI=1S/C22H25N3O/c1-16(2)12-13-24-20-11-7-6-10-19(20)23-22(24)17-14-21(26)25(15-17)18-8-4-3-5-9-18/h3-11,16-17H,12-15H2,1-2H3/t17-/m0/s1. The van der Waals surface area contributed by atoms with Crippen molar-refractivity contribution in [3.05, 3.63) is 60.4 Å². The first-order chi connectivity index (χ1) is 12.6. The molecule has 1 saturated heterocycles. The molecule has 26 heavy (non-hydrogen) atoms. The number of nitrogens with zero attached hydrogens (tertiary/aromatic N) is 3. The molecule has 1 aliphatic rings. The first kappa shape index (κ1) is 16.8. The highest BCUT2D eigenvalue weighted by Crippen LogP contribution is 2.33. The van der Waals surface area contributed by atoms with Crippen molar-refractivity contribution in [2.75, 3.05) is 11.4 Å². The lowest BCUT2D eigenvalue weighted by atomic mass is 10.1. The lowest BCUT2D eigenvalue weighted by molar-refractivity contribution is -0.117. The number of aryl methyl sites for hydroxylation is 1. The number of carbonyl (C=O) groups excluding carboxylic acids is 1. The maximum Gasteiger partial charge on any atom is 0.227 e. The highest BCUT2D eigenvalue weighted by molar-refractivity contribution is 5.96. The number of anilines is 1. The third-order valence-electron chi connectivity index (χ3n) is 5.17. The van der Waals surface area contributed by atoms with Crippen LogP contribution in [0.1, 0.15) is 38.4 Å². The van der Waals surface area contributed by atoms with Crippen molar-refractivity contribution in [3.8, 4) is 0 Å². The molecule has 0 N–H and O–H groups in total. The zero-order valence-corrected chi connectivity index (χ0v) is 15.4. The molecule has 0 unspecified atom stereocenters. The Morgan fingerprint density at radius 2 is 1.81 bits per heavy atom. The Hall–Kier alpha value is -2.62. The van der Waals surface area contributed by atoms with Crippen molar-refractivity contribution in [3.63, 3.8) is 0 Å². The molecule has 0 radical (unpaired) electrons. The third kappa shape index (κ3) is 3.12. The molecule has 1 fully saturated rings. The second-order valence-electron chi connectivity index (χ2n) is 7.53. The van der Waals surface area contributed by atoms with E-state index in [9.17, 15) is 4.79 Å². The van der Waals surface area contributed by atoms with Crippen molar-refractivity contribution >= 4 is 22.6 Å². The second kappa shape index (κ2) is 6.94. The Morgan fingerprint density at radius 3 is 2.58 bits per heavy atom. The van der Waals surface area contributed by atoms with Gasteiger partial charge in [0.1, 0.15) is 5.82 Å². The number of para-hydroxylation sites is 3. The Labute approximate surface area is 154 Å². The number of benzene rings is 2. The number of hydrogen-bond donors (Lipinski definition) is 0. The van der Waals surface area contributed by atoms with E-state index in [0.29, 0.717) is 18.9 Å². The van der Waals surface area contributed by atoms with Crippen molar-refractivity contribution in [1.82, 2.24) is 9.55 Å². The Bertz CT molecular complexity index is 914. The van der Waals surface area contributed by atoms with Gasteiger partial charge in [-0.15, -0.1) is 0 Å². The molecule has 134 valence electrons. The molecule has 0 saturated carbocycles. The SMILES string of the molecule is CC(C)CCn1c([C@H]2CC(=O)N(c3ccccc3)C2)nc2ccccc21. The van der Waals surface area contributed by atoms with Crippen LogP contribution in [0.25, 0.3) is 11.0 Å².